The quantitative estimate of drug-likeness (QED) is 0.768. The first-order valence-corrected chi connectivity index (χ1v) is 8.30. The van der Waals surface area contributed by atoms with E-state index in [1.54, 1.807) is 29.2 Å². The summed E-state index contributed by atoms with van der Waals surface area (Å²) in [7, 11) is 1.37. The van der Waals surface area contributed by atoms with E-state index >= 15 is 0 Å². The van der Waals surface area contributed by atoms with Crippen molar-refractivity contribution in [2.75, 3.05) is 25.2 Å². The van der Waals surface area contributed by atoms with Gasteiger partial charge in [0.1, 0.15) is 5.75 Å². The van der Waals surface area contributed by atoms with Gasteiger partial charge < -0.3 is 14.4 Å². The zero-order chi connectivity index (χ0) is 17.8. The molecule has 1 atom stereocenters. The molecule has 0 N–H and O–H groups in total. The molecule has 1 aliphatic rings. The van der Waals surface area contributed by atoms with Crippen LogP contribution in [0.3, 0.4) is 0 Å². The van der Waals surface area contributed by atoms with Crippen LogP contribution >= 0.6 is 11.6 Å². The highest BCUT2D eigenvalue weighted by molar-refractivity contribution is 6.30. The van der Waals surface area contributed by atoms with Gasteiger partial charge in [-0.15, -0.1) is 0 Å². The minimum Gasteiger partial charge on any atom is -0.484 e. The summed E-state index contributed by atoms with van der Waals surface area (Å²) < 4.78 is 10.3. The highest BCUT2D eigenvalue weighted by Crippen LogP contribution is 2.38. The van der Waals surface area contributed by atoms with Crippen LogP contribution in [0.5, 0.6) is 5.75 Å². The van der Waals surface area contributed by atoms with Crippen molar-refractivity contribution in [3.63, 3.8) is 0 Å². The van der Waals surface area contributed by atoms with Crippen molar-refractivity contribution in [1.82, 2.24) is 0 Å². The molecule has 0 saturated carbocycles. The van der Waals surface area contributed by atoms with Crippen LogP contribution in [-0.4, -0.2) is 32.1 Å². The number of halogens is 1. The normalized spacial score (nSPS) is 15.6. The highest BCUT2D eigenvalue weighted by atomic mass is 35.5. The molecule has 25 heavy (non-hydrogen) atoms. The van der Waals surface area contributed by atoms with Crippen LogP contribution in [0.25, 0.3) is 0 Å². The zero-order valence-electron chi connectivity index (χ0n) is 13.8. The Balaban J connectivity index is 1.70. The maximum absolute atomic E-state index is 12.6. The van der Waals surface area contributed by atoms with Gasteiger partial charge >= 0.3 is 5.97 Å². The highest BCUT2D eigenvalue weighted by Gasteiger charge is 2.33. The second kappa shape index (κ2) is 7.57. The Hall–Kier alpha value is -2.53. The minimum absolute atomic E-state index is 0.0665. The van der Waals surface area contributed by atoms with Crippen molar-refractivity contribution in [3.05, 3.63) is 59.1 Å². The summed E-state index contributed by atoms with van der Waals surface area (Å²) in [6.45, 7) is 0.359. The maximum Gasteiger partial charge on any atom is 0.306 e. The van der Waals surface area contributed by atoms with E-state index in [4.69, 9.17) is 21.1 Å². The lowest BCUT2D eigenvalue weighted by atomic mass is 9.98. The molecule has 6 heteroatoms. The monoisotopic (exact) mass is 359 g/mol. The van der Waals surface area contributed by atoms with Gasteiger partial charge in [-0.2, -0.15) is 0 Å². The Bertz CT molecular complexity index is 775. The molecule has 1 unspecified atom stereocenters. The molecule has 2 aromatic carbocycles. The number of amides is 1. The van der Waals surface area contributed by atoms with E-state index in [-0.39, 0.29) is 30.8 Å². The molecule has 3 rings (SSSR count). The second-order valence-electron chi connectivity index (χ2n) is 5.78. The SMILES string of the molecule is COC(=O)CC1CN(C(=O)COc2ccc(Cl)cc2)c2ccccc21. The molecule has 0 radical (unpaired) electrons. The van der Waals surface area contributed by atoms with Crippen molar-refractivity contribution in [3.8, 4) is 5.75 Å². The summed E-state index contributed by atoms with van der Waals surface area (Å²) in [5, 5.41) is 0.609. The first-order chi connectivity index (χ1) is 12.1. The standard InChI is InChI=1S/C19H18ClNO4/c1-24-19(23)10-13-11-21(17-5-3-2-4-16(13)17)18(22)12-25-15-8-6-14(20)7-9-15/h2-9,13H,10-12H2,1H3. The Kier molecular flexibility index (Phi) is 5.24. The molecule has 130 valence electrons. The second-order valence-corrected chi connectivity index (χ2v) is 6.22. The van der Waals surface area contributed by atoms with Gasteiger partial charge in [0.05, 0.1) is 13.5 Å². The number of nitrogens with zero attached hydrogens (tertiary/aromatic N) is 1. The lowest BCUT2D eigenvalue weighted by Gasteiger charge is -2.18. The number of benzene rings is 2. The third kappa shape index (κ3) is 3.94. The van der Waals surface area contributed by atoms with E-state index in [1.807, 2.05) is 24.3 Å². The molecule has 0 fully saturated rings. The van der Waals surface area contributed by atoms with Gasteiger partial charge in [0.15, 0.2) is 6.61 Å². The van der Waals surface area contributed by atoms with Gasteiger partial charge in [0.2, 0.25) is 0 Å². The van der Waals surface area contributed by atoms with E-state index in [1.165, 1.54) is 7.11 Å². The number of ether oxygens (including phenoxy) is 2. The Labute approximate surface area is 151 Å². The fourth-order valence-corrected chi connectivity index (χ4v) is 3.07. The van der Waals surface area contributed by atoms with Crippen LogP contribution < -0.4 is 9.64 Å². The first kappa shape index (κ1) is 17.3. The van der Waals surface area contributed by atoms with Crippen molar-refractivity contribution < 1.29 is 19.1 Å². The van der Waals surface area contributed by atoms with E-state index in [9.17, 15) is 9.59 Å². The maximum atomic E-state index is 12.6. The van der Waals surface area contributed by atoms with Gasteiger partial charge in [0.25, 0.3) is 5.91 Å². The van der Waals surface area contributed by atoms with Gasteiger partial charge in [-0.25, -0.2) is 0 Å². The zero-order valence-corrected chi connectivity index (χ0v) is 14.5. The van der Waals surface area contributed by atoms with Gasteiger partial charge in [-0.3, -0.25) is 9.59 Å². The van der Waals surface area contributed by atoms with E-state index in [0.717, 1.165) is 11.3 Å². The van der Waals surface area contributed by atoms with E-state index in [0.29, 0.717) is 17.3 Å². The summed E-state index contributed by atoms with van der Waals surface area (Å²) in [6, 6.07) is 14.4. The number of esters is 1. The molecule has 1 aliphatic heterocycles. The number of carbonyl (C=O) groups excluding carboxylic acids is 2. The average molecular weight is 360 g/mol. The van der Waals surface area contributed by atoms with Crippen molar-refractivity contribution >= 4 is 29.2 Å². The van der Waals surface area contributed by atoms with Crippen LogP contribution in [0.15, 0.2) is 48.5 Å². The fraction of sp³-hybridized carbons (Fsp3) is 0.263. The molecular formula is C19H18ClNO4. The predicted molar refractivity (Wildman–Crippen MR) is 95.1 cm³/mol. The lowest BCUT2D eigenvalue weighted by Crippen LogP contribution is -2.34. The molecule has 1 heterocycles. The van der Waals surface area contributed by atoms with Crippen LogP contribution in [0.2, 0.25) is 5.02 Å². The number of fused-ring (bicyclic) bond motifs is 1. The third-order valence-electron chi connectivity index (χ3n) is 4.19. The number of anilines is 1. The number of hydrogen-bond acceptors (Lipinski definition) is 4. The largest absolute Gasteiger partial charge is 0.484 e. The Morgan fingerprint density at radius 1 is 1.16 bits per heavy atom. The van der Waals surface area contributed by atoms with Gasteiger partial charge in [-0.1, -0.05) is 29.8 Å². The van der Waals surface area contributed by atoms with Gasteiger partial charge in [-0.05, 0) is 35.9 Å². The lowest BCUT2D eigenvalue weighted by molar-refractivity contribution is -0.141. The number of hydrogen-bond donors (Lipinski definition) is 0. The summed E-state index contributed by atoms with van der Waals surface area (Å²) in [5.74, 6) is 0.0701. The summed E-state index contributed by atoms with van der Waals surface area (Å²) >= 11 is 5.84. The van der Waals surface area contributed by atoms with Crippen molar-refractivity contribution in [1.29, 1.82) is 0 Å². The Morgan fingerprint density at radius 2 is 1.88 bits per heavy atom. The van der Waals surface area contributed by atoms with Crippen LogP contribution in [0.4, 0.5) is 5.69 Å². The molecule has 1 amide bonds. The van der Waals surface area contributed by atoms with Crippen LogP contribution in [-0.2, 0) is 14.3 Å². The summed E-state index contributed by atoms with van der Waals surface area (Å²) in [6.07, 6.45) is 0.245. The van der Waals surface area contributed by atoms with Crippen molar-refractivity contribution in [2.24, 2.45) is 0 Å². The Morgan fingerprint density at radius 3 is 2.60 bits per heavy atom. The summed E-state index contributed by atoms with van der Waals surface area (Å²) in [5.41, 5.74) is 1.80. The van der Waals surface area contributed by atoms with Crippen molar-refractivity contribution in [2.45, 2.75) is 12.3 Å². The molecule has 0 aromatic heterocycles. The van der Waals surface area contributed by atoms with E-state index < -0.39 is 0 Å². The summed E-state index contributed by atoms with van der Waals surface area (Å²) in [4.78, 5) is 25.9. The number of para-hydroxylation sites is 1. The molecule has 0 spiro atoms. The van der Waals surface area contributed by atoms with Gasteiger partial charge in [0, 0.05) is 23.2 Å². The predicted octanol–water partition coefficient (Wildman–Crippen LogP) is 3.41. The smallest absolute Gasteiger partial charge is 0.306 e. The number of carbonyl (C=O) groups is 2. The number of methoxy groups -OCH3 is 1. The number of rotatable bonds is 5. The fourth-order valence-electron chi connectivity index (χ4n) is 2.94. The molecule has 5 nitrogen and oxygen atoms in total. The van der Waals surface area contributed by atoms with Crippen LogP contribution in [0, 0.1) is 0 Å². The molecule has 0 saturated heterocycles. The molecule has 0 bridgehead atoms. The van der Waals surface area contributed by atoms with E-state index in [2.05, 4.69) is 0 Å². The third-order valence-corrected chi connectivity index (χ3v) is 4.44. The average Bonchev–Trinajstić information content (AvgIpc) is 2.99. The minimum atomic E-state index is -0.286. The topological polar surface area (TPSA) is 55.8 Å². The first-order valence-electron chi connectivity index (χ1n) is 7.93. The van der Waals surface area contributed by atoms with Crippen LogP contribution in [0.1, 0.15) is 17.9 Å². The molecule has 2 aromatic rings. The molecule has 0 aliphatic carbocycles. The molecular weight excluding hydrogens is 342 g/mol.